The van der Waals surface area contributed by atoms with E-state index in [4.69, 9.17) is 9.47 Å². The van der Waals surface area contributed by atoms with Gasteiger partial charge in [-0.05, 0) is 30.3 Å². The minimum Gasteiger partial charge on any atom is -0.496 e. The SMILES string of the molecule is COc1ccc(Br)cc1CC(=O)c1cccnc1OC. The van der Waals surface area contributed by atoms with Crippen molar-refractivity contribution >= 4 is 21.7 Å². The Kier molecular flexibility index (Phi) is 4.74. The first kappa shape index (κ1) is 14.5. The summed E-state index contributed by atoms with van der Waals surface area (Å²) >= 11 is 3.40. The topological polar surface area (TPSA) is 48.4 Å². The molecule has 0 N–H and O–H groups in total. The molecule has 0 amide bonds. The number of hydrogen-bond acceptors (Lipinski definition) is 4. The summed E-state index contributed by atoms with van der Waals surface area (Å²) in [4.78, 5) is 16.4. The molecule has 0 saturated heterocycles. The summed E-state index contributed by atoms with van der Waals surface area (Å²) < 4.78 is 11.3. The second-order valence-corrected chi connectivity index (χ2v) is 5.03. The Morgan fingerprint density at radius 1 is 1.25 bits per heavy atom. The van der Waals surface area contributed by atoms with E-state index in [1.165, 1.54) is 7.11 Å². The van der Waals surface area contributed by atoms with Gasteiger partial charge in [-0.15, -0.1) is 0 Å². The standard InChI is InChI=1S/C15H14BrNO3/c1-19-14-6-5-11(16)8-10(14)9-13(18)12-4-3-7-17-15(12)20-2/h3-8H,9H2,1-2H3. The number of aromatic nitrogens is 1. The zero-order valence-corrected chi connectivity index (χ0v) is 12.8. The Bertz CT molecular complexity index is 628. The van der Waals surface area contributed by atoms with Gasteiger partial charge in [0.1, 0.15) is 5.75 Å². The van der Waals surface area contributed by atoms with Gasteiger partial charge < -0.3 is 9.47 Å². The second kappa shape index (κ2) is 6.52. The molecule has 0 radical (unpaired) electrons. The molecule has 0 fully saturated rings. The van der Waals surface area contributed by atoms with Crippen molar-refractivity contribution in [2.75, 3.05) is 14.2 Å². The van der Waals surface area contributed by atoms with Gasteiger partial charge in [0.15, 0.2) is 5.78 Å². The van der Waals surface area contributed by atoms with Crippen molar-refractivity contribution in [1.29, 1.82) is 0 Å². The molecule has 4 nitrogen and oxygen atoms in total. The Labute approximate surface area is 125 Å². The third-order valence-corrected chi connectivity index (χ3v) is 3.35. The quantitative estimate of drug-likeness (QED) is 0.786. The van der Waals surface area contributed by atoms with Gasteiger partial charge in [-0.3, -0.25) is 4.79 Å². The first-order valence-electron chi connectivity index (χ1n) is 6.00. The lowest BCUT2D eigenvalue weighted by Crippen LogP contribution is -2.07. The van der Waals surface area contributed by atoms with Crippen molar-refractivity contribution in [2.45, 2.75) is 6.42 Å². The molecule has 0 aliphatic rings. The zero-order chi connectivity index (χ0) is 14.5. The predicted octanol–water partition coefficient (Wildman–Crippen LogP) is 3.29. The number of methoxy groups -OCH3 is 2. The number of carbonyl (C=O) groups excluding carboxylic acids is 1. The number of rotatable bonds is 5. The highest BCUT2D eigenvalue weighted by molar-refractivity contribution is 9.10. The van der Waals surface area contributed by atoms with Crippen LogP contribution in [0.5, 0.6) is 11.6 Å². The molecular formula is C15H14BrNO3. The second-order valence-electron chi connectivity index (χ2n) is 4.12. The predicted molar refractivity (Wildman–Crippen MR) is 79.5 cm³/mol. The van der Waals surface area contributed by atoms with Crippen LogP contribution in [0.25, 0.3) is 0 Å². The average molecular weight is 336 g/mol. The molecule has 0 atom stereocenters. The fraction of sp³-hybridized carbons (Fsp3) is 0.200. The van der Waals surface area contributed by atoms with Gasteiger partial charge in [-0.1, -0.05) is 15.9 Å². The molecule has 0 spiro atoms. The van der Waals surface area contributed by atoms with E-state index in [1.807, 2.05) is 18.2 Å². The monoisotopic (exact) mass is 335 g/mol. The highest BCUT2D eigenvalue weighted by Crippen LogP contribution is 2.25. The van der Waals surface area contributed by atoms with E-state index >= 15 is 0 Å². The zero-order valence-electron chi connectivity index (χ0n) is 11.2. The molecular weight excluding hydrogens is 322 g/mol. The van der Waals surface area contributed by atoms with Crippen molar-refractivity contribution in [3.05, 3.63) is 52.1 Å². The molecule has 104 valence electrons. The van der Waals surface area contributed by atoms with Gasteiger partial charge in [0.25, 0.3) is 0 Å². The maximum atomic E-state index is 12.4. The van der Waals surface area contributed by atoms with Crippen LogP contribution >= 0.6 is 15.9 Å². The number of Topliss-reactive ketones (excluding diaryl/α,β-unsaturated/α-hetero) is 1. The summed E-state index contributed by atoms with van der Waals surface area (Å²) in [6.07, 6.45) is 1.82. The van der Waals surface area contributed by atoms with E-state index in [9.17, 15) is 4.79 Å². The third kappa shape index (κ3) is 3.17. The lowest BCUT2D eigenvalue weighted by atomic mass is 10.0. The largest absolute Gasteiger partial charge is 0.496 e. The normalized spacial score (nSPS) is 10.2. The van der Waals surface area contributed by atoms with Crippen LogP contribution < -0.4 is 9.47 Å². The molecule has 0 unspecified atom stereocenters. The van der Waals surface area contributed by atoms with Crippen LogP contribution in [0.15, 0.2) is 41.0 Å². The number of benzene rings is 1. The highest BCUT2D eigenvalue weighted by Gasteiger charge is 2.15. The molecule has 0 aliphatic heterocycles. The summed E-state index contributed by atoms with van der Waals surface area (Å²) in [7, 11) is 3.08. The highest BCUT2D eigenvalue weighted by atomic mass is 79.9. The van der Waals surface area contributed by atoms with E-state index in [2.05, 4.69) is 20.9 Å². The van der Waals surface area contributed by atoms with Crippen LogP contribution in [0.2, 0.25) is 0 Å². The van der Waals surface area contributed by atoms with Crippen molar-refractivity contribution < 1.29 is 14.3 Å². The smallest absolute Gasteiger partial charge is 0.224 e. The minimum atomic E-state index is -0.0636. The Hall–Kier alpha value is -1.88. The van der Waals surface area contributed by atoms with E-state index < -0.39 is 0 Å². The minimum absolute atomic E-state index is 0.0636. The maximum Gasteiger partial charge on any atom is 0.224 e. The van der Waals surface area contributed by atoms with Crippen LogP contribution in [0.1, 0.15) is 15.9 Å². The van der Waals surface area contributed by atoms with E-state index in [0.29, 0.717) is 17.2 Å². The number of nitrogens with zero attached hydrogens (tertiary/aromatic N) is 1. The molecule has 5 heteroatoms. The van der Waals surface area contributed by atoms with Gasteiger partial charge in [0.05, 0.1) is 19.8 Å². The molecule has 2 aromatic rings. The Balaban J connectivity index is 2.30. The molecule has 0 bridgehead atoms. The number of ketones is 1. The Morgan fingerprint density at radius 2 is 2.05 bits per heavy atom. The van der Waals surface area contributed by atoms with Gasteiger partial charge >= 0.3 is 0 Å². The molecule has 0 saturated carbocycles. The van der Waals surface area contributed by atoms with Crippen molar-refractivity contribution in [1.82, 2.24) is 4.98 Å². The lowest BCUT2D eigenvalue weighted by Gasteiger charge is -2.10. The summed E-state index contributed by atoms with van der Waals surface area (Å²) in [5, 5.41) is 0. The van der Waals surface area contributed by atoms with Crippen LogP contribution in [0, 0.1) is 0 Å². The molecule has 1 heterocycles. The number of carbonyl (C=O) groups is 1. The number of halogens is 1. The van der Waals surface area contributed by atoms with Crippen LogP contribution in [0.4, 0.5) is 0 Å². The van der Waals surface area contributed by atoms with Gasteiger partial charge in [-0.2, -0.15) is 0 Å². The summed E-state index contributed by atoms with van der Waals surface area (Å²) in [5.74, 6) is 0.960. The first-order chi connectivity index (χ1) is 9.65. The molecule has 20 heavy (non-hydrogen) atoms. The number of hydrogen-bond donors (Lipinski definition) is 0. The van der Waals surface area contributed by atoms with Crippen molar-refractivity contribution in [3.8, 4) is 11.6 Å². The molecule has 1 aromatic carbocycles. The summed E-state index contributed by atoms with van der Waals surface area (Å²) in [6.45, 7) is 0. The third-order valence-electron chi connectivity index (χ3n) is 2.86. The van der Waals surface area contributed by atoms with Crippen LogP contribution in [0.3, 0.4) is 0 Å². The van der Waals surface area contributed by atoms with Crippen molar-refractivity contribution in [2.24, 2.45) is 0 Å². The van der Waals surface area contributed by atoms with Gasteiger partial charge in [0, 0.05) is 22.7 Å². The average Bonchev–Trinajstić information content (AvgIpc) is 2.47. The van der Waals surface area contributed by atoms with Gasteiger partial charge in [-0.25, -0.2) is 4.98 Å². The van der Waals surface area contributed by atoms with Gasteiger partial charge in [0.2, 0.25) is 5.88 Å². The van der Waals surface area contributed by atoms with Crippen molar-refractivity contribution in [3.63, 3.8) is 0 Å². The maximum absolute atomic E-state index is 12.4. The van der Waals surface area contributed by atoms with E-state index in [-0.39, 0.29) is 12.2 Å². The van der Waals surface area contributed by atoms with Crippen LogP contribution in [-0.2, 0) is 6.42 Å². The number of pyridine rings is 1. The first-order valence-corrected chi connectivity index (χ1v) is 6.79. The molecule has 0 aliphatic carbocycles. The Morgan fingerprint density at radius 3 is 2.75 bits per heavy atom. The lowest BCUT2D eigenvalue weighted by molar-refractivity contribution is 0.0988. The van der Waals surface area contributed by atoms with Crippen LogP contribution in [-0.4, -0.2) is 25.0 Å². The number of ether oxygens (including phenoxy) is 2. The summed E-state index contributed by atoms with van der Waals surface area (Å²) in [6, 6.07) is 9.00. The molecule has 2 rings (SSSR count). The summed E-state index contributed by atoms with van der Waals surface area (Å²) in [5.41, 5.74) is 1.29. The molecule has 1 aromatic heterocycles. The van der Waals surface area contributed by atoms with E-state index in [1.54, 1.807) is 25.4 Å². The fourth-order valence-electron chi connectivity index (χ4n) is 1.92. The fourth-order valence-corrected chi connectivity index (χ4v) is 2.33. The van der Waals surface area contributed by atoms with E-state index in [0.717, 1.165) is 10.0 Å².